The summed E-state index contributed by atoms with van der Waals surface area (Å²) in [6.07, 6.45) is 0.902. The number of benzene rings is 2. The first-order valence-corrected chi connectivity index (χ1v) is 8.50. The molecule has 3 heteroatoms. The number of ether oxygens (including phenoxy) is 1. The number of carbonyl (C=O) groups excluding carboxylic acids is 1. The van der Waals surface area contributed by atoms with Crippen LogP contribution in [0.2, 0.25) is 0 Å². The van der Waals surface area contributed by atoms with Gasteiger partial charge < -0.3 is 10.1 Å². The normalized spacial score (nSPS) is 12.0. The van der Waals surface area contributed by atoms with Crippen LogP contribution in [0.25, 0.3) is 0 Å². The Morgan fingerprint density at radius 2 is 1.79 bits per heavy atom. The Morgan fingerprint density at radius 3 is 2.42 bits per heavy atom. The van der Waals surface area contributed by atoms with Gasteiger partial charge >= 0.3 is 0 Å². The Labute approximate surface area is 145 Å². The Bertz CT molecular complexity index is 665. The van der Waals surface area contributed by atoms with Crippen molar-refractivity contribution in [3.05, 3.63) is 65.2 Å². The van der Waals surface area contributed by atoms with Crippen LogP contribution in [-0.2, 0) is 4.79 Å². The van der Waals surface area contributed by atoms with Gasteiger partial charge in [0.15, 0.2) is 6.61 Å². The molecule has 3 nitrogen and oxygen atoms in total. The molecule has 0 radical (unpaired) electrons. The van der Waals surface area contributed by atoms with E-state index in [0.29, 0.717) is 5.92 Å². The highest BCUT2D eigenvalue weighted by molar-refractivity contribution is 5.78. The topological polar surface area (TPSA) is 38.3 Å². The van der Waals surface area contributed by atoms with Crippen molar-refractivity contribution in [2.45, 2.75) is 40.2 Å². The molecule has 0 heterocycles. The summed E-state index contributed by atoms with van der Waals surface area (Å²) in [4.78, 5) is 12.3. The van der Waals surface area contributed by atoms with E-state index in [9.17, 15) is 4.79 Å². The molecule has 1 atom stereocenters. The molecule has 24 heavy (non-hydrogen) atoms. The third-order valence-electron chi connectivity index (χ3n) is 3.93. The van der Waals surface area contributed by atoms with Gasteiger partial charge in [0.05, 0.1) is 6.04 Å². The van der Waals surface area contributed by atoms with Crippen LogP contribution in [0.5, 0.6) is 5.75 Å². The van der Waals surface area contributed by atoms with Crippen molar-refractivity contribution in [3.8, 4) is 5.75 Å². The molecule has 0 aromatic heterocycles. The molecule has 2 aromatic rings. The average molecular weight is 325 g/mol. The van der Waals surface area contributed by atoms with E-state index in [1.807, 2.05) is 44.2 Å². The van der Waals surface area contributed by atoms with Gasteiger partial charge in [0.2, 0.25) is 0 Å². The van der Waals surface area contributed by atoms with E-state index < -0.39 is 0 Å². The third kappa shape index (κ3) is 5.41. The Hall–Kier alpha value is -2.29. The van der Waals surface area contributed by atoms with Gasteiger partial charge in [0, 0.05) is 0 Å². The fraction of sp³-hybridized carbons (Fsp3) is 0.381. The van der Waals surface area contributed by atoms with Gasteiger partial charge in [-0.1, -0.05) is 61.9 Å². The fourth-order valence-corrected chi connectivity index (χ4v) is 2.78. The van der Waals surface area contributed by atoms with Crippen LogP contribution in [0.4, 0.5) is 0 Å². The predicted octanol–water partition coefficient (Wildman–Crippen LogP) is 4.59. The zero-order chi connectivity index (χ0) is 17.5. The number of carbonyl (C=O) groups is 1. The maximum absolute atomic E-state index is 12.3. The minimum absolute atomic E-state index is 0.0152. The van der Waals surface area contributed by atoms with Crippen LogP contribution in [0, 0.1) is 19.8 Å². The molecule has 0 aliphatic rings. The van der Waals surface area contributed by atoms with E-state index in [4.69, 9.17) is 4.74 Å². The van der Waals surface area contributed by atoms with Crippen molar-refractivity contribution < 1.29 is 9.53 Å². The SMILES string of the molecule is Cc1ccc(OCC(=O)N[C@H](CC(C)C)c2ccccc2)c(C)c1. The van der Waals surface area contributed by atoms with Gasteiger partial charge in [-0.25, -0.2) is 0 Å². The lowest BCUT2D eigenvalue weighted by Gasteiger charge is -2.21. The second-order valence-electron chi connectivity index (χ2n) is 6.72. The lowest BCUT2D eigenvalue weighted by atomic mass is 9.97. The zero-order valence-corrected chi connectivity index (χ0v) is 15.0. The number of hydrogen-bond acceptors (Lipinski definition) is 2. The molecule has 128 valence electrons. The number of hydrogen-bond donors (Lipinski definition) is 1. The summed E-state index contributed by atoms with van der Waals surface area (Å²) in [6, 6.07) is 16.1. The van der Waals surface area contributed by atoms with E-state index >= 15 is 0 Å². The summed E-state index contributed by atoms with van der Waals surface area (Å²) in [5.41, 5.74) is 3.36. The molecule has 0 aliphatic heterocycles. The molecule has 2 aromatic carbocycles. The maximum Gasteiger partial charge on any atom is 0.258 e. The molecular weight excluding hydrogens is 298 g/mol. The number of amides is 1. The minimum atomic E-state index is -0.0931. The molecule has 0 saturated heterocycles. The highest BCUT2D eigenvalue weighted by Crippen LogP contribution is 2.21. The Morgan fingerprint density at radius 1 is 1.08 bits per heavy atom. The van der Waals surface area contributed by atoms with Crippen molar-refractivity contribution in [1.29, 1.82) is 0 Å². The molecule has 1 N–H and O–H groups in total. The largest absolute Gasteiger partial charge is 0.484 e. The van der Waals surface area contributed by atoms with Crippen molar-refractivity contribution in [2.75, 3.05) is 6.61 Å². The second-order valence-corrected chi connectivity index (χ2v) is 6.72. The quantitative estimate of drug-likeness (QED) is 0.809. The molecular formula is C21H27NO2. The van der Waals surface area contributed by atoms with Crippen LogP contribution in [0.1, 0.15) is 43.0 Å². The molecule has 0 fully saturated rings. The van der Waals surface area contributed by atoms with Gasteiger partial charge in [-0.15, -0.1) is 0 Å². The van der Waals surface area contributed by atoms with Gasteiger partial charge in [0.25, 0.3) is 5.91 Å². The van der Waals surface area contributed by atoms with Gasteiger partial charge in [0.1, 0.15) is 5.75 Å². The lowest BCUT2D eigenvalue weighted by molar-refractivity contribution is -0.124. The molecule has 0 aliphatic carbocycles. The predicted molar refractivity (Wildman–Crippen MR) is 98.2 cm³/mol. The summed E-state index contributed by atoms with van der Waals surface area (Å²) >= 11 is 0. The molecule has 0 saturated carbocycles. The second kappa shape index (κ2) is 8.53. The summed E-state index contributed by atoms with van der Waals surface area (Å²) in [5.74, 6) is 1.16. The van der Waals surface area contributed by atoms with Crippen LogP contribution < -0.4 is 10.1 Å². The van der Waals surface area contributed by atoms with E-state index in [2.05, 4.69) is 37.4 Å². The lowest BCUT2D eigenvalue weighted by Crippen LogP contribution is -2.33. The van der Waals surface area contributed by atoms with Crippen LogP contribution >= 0.6 is 0 Å². The van der Waals surface area contributed by atoms with Crippen molar-refractivity contribution in [1.82, 2.24) is 5.32 Å². The van der Waals surface area contributed by atoms with E-state index in [-0.39, 0.29) is 18.6 Å². The smallest absolute Gasteiger partial charge is 0.258 e. The molecule has 0 spiro atoms. The molecule has 2 rings (SSSR count). The van der Waals surface area contributed by atoms with Crippen molar-refractivity contribution >= 4 is 5.91 Å². The zero-order valence-electron chi connectivity index (χ0n) is 15.0. The summed E-state index contributed by atoms with van der Waals surface area (Å²) in [6.45, 7) is 8.39. The monoisotopic (exact) mass is 325 g/mol. The minimum Gasteiger partial charge on any atom is -0.484 e. The van der Waals surface area contributed by atoms with Crippen molar-refractivity contribution in [2.24, 2.45) is 5.92 Å². The fourth-order valence-electron chi connectivity index (χ4n) is 2.78. The van der Waals surface area contributed by atoms with Gasteiger partial charge in [-0.2, -0.15) is 0 Å². The van der Waals surface area contributed by atoms with Gasteiger partial charge in [-0.05, 0) is 43.4 Å². The molecule has 0 bridgehead atoms. The van der Waals surface area contributed by atoms with E-state index in [1.165, 1.54) is 5.56 Å². The first-order chi connectivity index (χ1) is 11.5. The van der Waals surface area contributed by atoms with Crippen LogP contribution in [0.3, 0.4) is 0 Å². The average Bonchev–Trinajstić information content (AvgIpc) is 2.54. The molecule has 1 amide bonds. The van der Waals surface area contributed by atoms with Gasteiger partial charge in [-0.3, -0.25) is 4.79 Å². The molecule has 0 unspecified atom stereocenters. The highest BCUT2D eigenvalue weighted by Gasteiger charge is 2.16. The van der Waals surface area contributed by atoms with Crippen molar-refractivity contribution in [3.63, 3.8) is 0 Å². The Kier molecular flexibility index (Phi) is 6.42. The highest BCUT2D eigenvalue weighted by atomic mass is 16.5. The standard InChI is InChI=1S/C21H27NO2/c1-15(2)12-19(18-8-6-5-7-9-18)22-21(23)14-24-20-11-10-16(3)13-17(20)4/h5-11,13,15,19H,12,14H2,1-4H3,(H,22,23)/t19-/m1/s1. The van der Waals surface area contributed by atoms with Crippen LogP contribution in [-0.4, -0.2) is 12.5 Å². The number of nitrogens with one attached hydrogen (secondary N) is 1. The third-order valence-corrected chi connectivity index (χ3v) is 3.93. The summed E-state index contributed by atoms with van der Waals surface area (Å²) in [7, 11) is 0. The first kappa shape index (κ1) is 18.1. The van der Waals surface area contributed by atoms with E-state index in [1.54, 1.807) is 0 Å². The number of rotatable bonds is 7. The summed E-state index contributed by atoms with van der Waals surface area (Å²) in [5, 5.41) is 3.10. The first-order valence-electron chi connectivity index (χ1n) is 8.50. The Balaban J connectivity index is 1.97. The number of aryl methyl sites for hydroxylation is 2. The van der Waals surface area contributed by atoms with Crippen LogP contribution in [0.15, 0.2) is 48.5 Å². The summed E-state index contributed by atoms with van der Waals surface area (Å²) < 4.78 is 5.68. The van der Waals surface area contributed by atoms with E-state index in [0.717, 1.165) is 23.3 Å². The maximum atomic E-state index is 12.3.